The normalized spacial score (nSPS) is 12.0. The highest BCUT2D eigenvalue weighted by Gasteiger charge is 2.24. The molecule has 0 bridgehead atoms. The zero-order valence-electron chi connectivity index (χ0n) is 38.0. The van der Waals surface area contributed by atoms with Crippen LogP contribution < -0.4 is 31.3 Å². The van der Waals surface area contributed by atoms with Gasteiger partial charge in [-0.15, -0.1) is 0 Å². The maximum absolute atomic E-state index is 13.0. The average molecular weight is 967 g/mol. The van der Waals surface area contributed by atoms with E-state index in [4.69, 9.17) is 20.5 Å². The number of phenols is 2. The molecule has 0 aromatic heterocycles. The Hall–Kier alpha value is -7.27. The molecular formula is C51H53ClFN5O9S. The lowest BCUT2D eigenvalue weighted by atomic mass is 10.1. The van der Waals surface area contributed by atoms with Crippen LogP contribution in [0.5, 0.6) is 17.2 Å². The SMILES string of the molecule is CCC(OS(=O)c1cccc(C)c1)C(=O)Nc1cc(O)c(NC(=O)c2ccccc2)cc1Cl.CCCCC(Oc1ccc(C)cc1C)C(=O)Nc1ccc(NC(=O)Nc2ccc(F)cc2)c(O)c1. The molecule has 17 heteroatoms. The molecule has 0 radical (unpaired) electrons. The summed E-state index contributed by atoms with van der Waals surface area (Å²) in [5.41, 5.74) is 4.52. The van der Waals surface area contributed by atoms with Crippen molar-refractivity contribution in [2.75, 3.05) is 26.6 Å². The van der Waals surface area contributed by atoms with Crippen LogP contribution in [0.4, 0.5) is 37.6 Å². The Kier molecular flexibility index (Phi) is 19.0. The van der Waals surface area contributed by atoms with Crippen molar-refractivity contribution in [2.45, 2.75) is 77.4 Å². The molecule has 0 heterocycles. The van der Waals surface area contributed by atoms with Crippen LogP contribution in [-0.4, -0.2) is 50.4 Å². The summed E-state index contributed by atoms with van der Waals surface area (Å²) in [5.74, 6) is -1.58. The number of urea groups is 1. The number of phenolic OH excluding ortho intramolecular Hbond substituents is 2. The van der Waals surface area contributed by atoms with Crippen molar-refractivity contribution < 1.29 is 46.9 Å². The third kappa shape index (κ3) is 15.4. The van der Waals surface area contributed by atoms with Crippen LogP contribution in [0, 0.1) is 26.6 Å². The topological polar surface area (TPSA) is 204 Å². The van der Waals surface area contributed by atoms with E-state index in [9.17, 15) is 38.0 Å². The largest absolute Gasteiger partial charge is 0.506 e. The number of nitrogens with one attached hydrogen (secondary N) is 5. The zero-order valence-corrected chi connectivity index (χ0v) is 39.6. The quantitative estimate of drug-likeness (QED) is 0.0434. The van der Waals surface area contributed by atoms with Crippen molar-refractivity contribution in [1.29, 1.82) is 0 Å². The molecule has 14 nitrogen and oxygen atoms in total. The first-order chi connectivity index (χ1) is 32.5. The predicted molar refractivity (Wildman–Crippen MR) is 265 cm³/mol. The molecule has 356 valence electrons. The third-order valence-electron chi connectivity index (χ3n) is 10.0. The fourth-order valence-corrected chi connectivity index (χ4v) is 7.63. The molecule has 7 N–H and O–H groups in total. The number of hydrogen-bond donors (Lipinski definition) is 7. The lowest BCUT2D eigenvalue weighted by Gasteiger charge is -2.20. The Labute approximate surface area is 401 Å². The minimum absolute atomic E-state index is 0.0932. The highest BCUT2D eigenvalue weighted by atomic mass is 35.5. The molecule has 0 aliphatic rings. The van der Waals surface area contributed by atoms with Crippen LogP contribution >= 0.6 is 11.6 Å². The molecule has 6 rings (SSSR count). The second-order valence-electron chi connectivity index (χ2n) is 15.5. The molecule has 0 saturated heterocycles. The van der Waals surface area contributed by atoms with E-state index in [-0.39, 0.29) is 45.9 Å². The second-order valence-corrected chi connectivity index (χ2v) is 17.1. The maximum atomic E-state index is 13.0. The van der Waals surface area contributed by atoms with Gasteiger partial charge in [-0.3, -0.25) is 18.6 Å². The van der Waals surface area contributed by atoms with Crippen LogP contribution in [0.1, 0.15) is 66.6 Å². The van der Waals surface area contributed by atoms with Crippen LogP contribution in [0.25, 0.3) is 0 Å². The highest BCUT2D eigenvalue weighted by Crippen LogP contribution is 2.35. The molecule has 3 atom stereocenters. The standard InChI is InChI=1S/C27H30FN3O4.C24H23ClN2O5S/c1-4-5-6-25(35-24-14-7-17(2)15-18(24)3)26(33)29-21-12-13-22(23(32)16-21)31-27(34)30-20-10-8-19(28)9-11-20;1-3-22(32-33(31)17-11-7-8-15(2)12-17)24(30)26-19-14-21(28)20(13-18(19)25)27-23(29)16-9-5-4-6-10-16/h7-16,25,32H,4-6H2,1-3H3,(H,29,33)(H2,30,31,34);4-14,22,28H,3H2,1-2H3,(H,26,30)(H,27,29). The summed E-state index contributed by atoms with van der Waals surface area (Å²) in [6, 6.07) is 32.9. The van der Waals surface area contributed by atoms with E-state index in [1.54, 1.807) is 61.5 Å². The number of aromatic hydroxyl groups is 2. The monoisotopic (exact) mass is 965 g/mol. The van der Waals surface area contributed by atoms with Crippen molar-refractivity contribution >= 4 is 74.9 Å². The highest BCUT2D eigenvalue weighted by molar-refractivity contribution is 7.80. The lowest BCUT2D eigenvalue weighted by molar-refractivity contribution is -0.123. The summed E-state index contributed by atoms with van der Waals surface area (Å²) in [5, 5.41) is 33.8. The molecule has 68 heavy (non-hydrogen) atoms. The first-order valence-corrected chi connectivity index (χ1v) is 23.0. The lowest BCUT2D eigenvalue weighted by Crippen LogP contribution is -2.33. The van der Waals surface area contributed by atoms with Gasteiger partial charge in [0.25, 0.3) is 17.7 Å². The Morgan fingerprint density at radius 3 is 2.00 bits per heavy atom. The average Bonchev–Trinajstić information content (AvgIpc) is 3.31. The van der Waals surface area contributed by atoms with Gasteiger partial charge in [-0.2, -0.15) is 0 Å². The third-order valence-corrected chi connectivity index (χ3v) is 11.4. The molecule has 0 aliphatic carbocycles. The number of carbonyl (C=O) groups is 4. The van der Waals surface area contributed by atoms with Gasteiger partial charge in [0.15, 0.2) is 23.3 Å². The fourth-order valence-electron chi connectivity index (χ4n) is 6.41. The van der Waals surface area contributed by atoms with E-state index >= 15 is 0 Å². The Morgan fingerprint density at radius 1 is 0.662 bits per heavy atom. The summed E-state index contributed by atoms with van der Waals surface area (Å²) >= 11 is 4.43. The van der Waals surface area contributed by atoms with Crippen molar-refractivity contribution in [3.8, 4) is 17.2 Å². The Morgan fingerprint density at radius 2 is 1.34 bits per heavy atom. The van der Waals surface area contributed by atoms with Gasteiger partial charge in [-0.1, -0.05) is 79.9 Å². The number of amides is 5. The molecule has 6 aromatic carbocycles. The number of benzene rings is 6. The number of anilines is 5. The Balaban J connectivity index is 0.000000255. The molecule has 0 spiro atoms. The molecule has 5 amide bonds. The van der Waals surface area contributed by atoms with Crippen LogP contribution in [0.15, 0.2) is 132 Å². The van der Waals surface area contributed by atoms with Crippen LogP contribution in [0.3, 0.4) is 0 Å². The minimum atomic E-state index is -1.83. The van der Waals surface area contributed by atoms with E-state index in [1.807, 2.05) is 52.0 Å². The smallest absolute Gasteiger partial charge is 0.323 e. The number of unbranched alkanes of at least 4 members (excludes halogenated alkanes) is 1. The number of halogens is 2. The van der Waals surface area contributed by atoms with E-state index in [0.717, 1.165) is 29.5 Å². The predicted octanol–water partition coefficient (Wildman–Crippen LogP) is 11.4. The van der Waals surface area contributed by atoms with E-state index < -0.39 is 47.0 Å². The Bertz CT molecular complexity index is 2740. The van der Waals surface area contributed by atoms with Gasteiger partial charge in [-0.25, -0.2) is 13.4 Å². The van der Waals surface area contributed by atoms with E-state index in [1.165, 1.54) is 48.5 Å². The second kappa shape index (κ2) is 25.0. The van der Waals surface area contributed by atoms with Crippen LogP contribution in [-0.2, 0) is 24.9 Å². The molecule has 0 saturated carbocycles. The summed E-state index contributed by atoms with van der Waals surface area (Å²) in [6.45, 7) is 9.56. The number of rotatable bonds is 17. The van der Waals surface area contributed by atoms with Gasteiger partial charge in [0, 0.05) is 29.1 Å². The molecule has 0 aliphatic heterocycles. The molecule has 0 fully saturated rings. The van der Waals surface area contributed by atoms with E-state index in [2.05, 4.69) is 26.6 Å². The number of hydrogen-bond acceptors (Lipinski definition) is 9. The van der Waals surface area contributed by atoms with Gasteiger partial charge in [-0.05, 0) is 124 Å². The summed E-state index contributed by atoms with van der Waals surface area (Å²) < 4.78 is 37.0. The molecular weight excluding hydrogens is 913 g/mol. The number of ether oxygens (including phenoxy) is 1. The minimum Gasteiger partial charge on any atom is -0.506 e. The first kappa shape index (κ1) is 51.7. The van der Waals surface area contributed by atoms with Gasteiger partial charge >= 0.3 is 6.03 Å². The first-order valence-electron chi connectivity index (χ1n) is 21.6. The van der Waals surface area contributed by atoms with Crippen molar-refractivity contribution in [2.24, 2.45) is 0 Å². The number of carbonyl (C=O) groups excluding carboxylic acids is 4. The summed E-state index contributed by atoms with van der Waals surface area (Å²) in [7, 11) is 0. The fraction of sp³-hybridized carbons (Fsp3) is 0.216. The van der Waals surface area contributed by atoms with Gasteiger partial charge < -0.3 is 41.5 Å². The summed E-state index contributed by atoms with van der Waals surface area (Å²) in [6.07, 6.45) is 0.838. The summed E-state index contributed by atoms with van der Waals surface area (Å²) in [4.78, 5) is 50.6. The zero-order chi connectivity index (χ0) is 49.3. The van der Waals surface area contributed by atoms with Crippen molar-refractivity contribution in [3.63, 3.8) is 0 Å². The van der Waals surface area contributed by atoms with Gasteiger partial charge in [0.2, 0.25) is 0 Å². The van der Waals surface area contributed by atoms with Crippen molar-refractivity contribution in [1.82, 2.24) is 0 Å². The maximum Gasteiger partial charge on any atom is 0.323 e. The van der Waals surface area contributed by atoms with E-state index in [0.29, 0.717) is 34.0 Å². The molecule has 6 aromatic rings. The van der Waals surface area contributed by atoms with Gasteiger partial charge in [0.1, 0.15) is 23.1 Å². The van der Waals surface area contributed by atoms with Gasteiger partial charge in [0.05, 0.1) is 27.0 Å². The molecule has 3 unspecified atom stereocenters. The van der Waals surface area contributed by atoms with Crippen LogP contribution in [0.2, 0.25) is 5.02 Å². The number of aryl methyl sites for hydroxylation is 3. The van der Waals surface area contributed by atoms with Crippen molar-refractivity contribution in [3.05, 3.63) is 160 Å².